The maximum atomic E-state index is 4.92. The predicted molar refractivity (Wildman–Crippen MR) is 82.7 cm³/mol. The van der Waals surface area contributed by atoms with Gasteiger partial charge in [-0.15, -0.1) is 0 Å². The van der Waals surface area contributed by atoms with Gasteiger partial charge in [0.2, 0.25) is 0 Å². The Hall–Kier alpha value is -1.89. The Morgan fingerprint density at radius 1 is 0.947 bits per heavy atom. The number of aliphatic imine (C=N–C) groups is 1. The lowest BCUT2D eigenvalue weighted by Gasteiger charge is -2.11. The van der Waals surface area contributed by atoms with Crippen molar-refractivity contribution < 1.29 is 0 Å². The van der Waals surface area contributed by atoms with Crippen molar-refractivity contribution in [2.45, 2.75) is 32.7 Å². The van der Waals surface area contributed by atoms with Gasteiger partial charge < -0.3 is 0 Å². The fourth-order valence-corrected chi connectivity index (χ4v) is 2.19. The van der Waals surface area contributed by atoms with E-state index in [9.17, 15) is 0 Å². The maximum absolute atomic E-state index is 4.92. The number of hydrogen-bond acceptors (Lipinski definition) is 1. The van der Waals surface area contributed by atoms with Crippen molar-refractivity contribution in [3.05, 3.63) is 71.8 Å². The molecule has 0 bridgehead atoms. The van der Waals surface area contributed by atoms with E-state index in [4.69, 9.17) is 4.99 Å². The molecule has 2 rings (SSSR count). The SMILES string of the molecule is CCC/C(=N\[C@H](C)c1ccccc1)c1ccccc1. The standard InChI is InChI=1S/C18H21N/c1-3-10-18(17-13-8-5-9-14-17)19-15(2)16-11-6-4-7-12-16/h4-9,11-15H,3,10H2,1-2H3/b19-18+/t15-/m1/s1. The van der Waals surface area contributed by atoms with E-state index in [0.717, 1.165) is 12.8 Å². The molecule has 1 heteroatoms. The van der Waals surface area contributed by atoms with Crippen molar-refractivity contribution in [1.82, 2.24) is 0 Å². The lowest BCUT2D eigenvalue weighted by Crippen LogP contribution is -2.03. The van der Waals surface area contributed by atoms with E-state index in [2.05, 4.69) is 62.4 Å². The van der Waals surface area contributed by atoms with E-state index in [0.29, 0.717) is 0 Å². The summed E-state index contributed by atoms with van der Waals surface area (Å²) in [6.07, 6.45) is 2.15. The molecule has 0 saturated heterocycles. The smallest absolute Gasteiger partial charge is 0.0724 e. The molecule has 0 N–H and O–H groups in total. The molecule has 0 fully saturated rings. The second-order valence-electron chi connectivity index (χ2n) is 4.78. The molecule has 0 aromatic heterocycles. The van der Waals surface area contributed by atoms with Crippen molar-refractivity contribution in [3.8, 4) is 0 Å². The largest absolute Gasteiger partial charge is 0.281 e. The van der Waals surface area contributed by atoms with Crippen molar-refractivity contribution >= 4 is 5.71 Å². The molecular formula is C18H21N. The van der Waals surface area contributed by atoms with Crippen LogP contribution >= 0.6 is 0 Å². The average Bonchev–Trinajstić information content (AvgIpc) is 2.48. The van der Waals surface area contributed by atoms with E-state index in [1.807, 2.05) is 12.1 Å². The summed E-state index contributed by atoms with van der Waals surface area (Å²) in [4.78, 5) is 4.92. The highest BCUT2D eigenvalue weighted by molar-refractivity contribution is 6.00. The highest BCUT2D eigenvalue weighted by Gasteiger charge is 2.07. The van der Waals surface area contributed by atoms with Gasteiger partial charge in [-0.25, -0.2) is 0 Å². The van der Waals surface area contributed by atoms with Crippen molar-refractivity contribution in [3.63, 3.8) is 0 Å². The summed E-state index contributed by atoms with van der Waals surface area (Å²) in [5.74, 6) is 0. The molecule has 0 saturated carbocycles. The Balaban J connectivity index is 2.26. The fourth-order valence-electron chi connectivity index (χ4n) is 2.19. The van der Waals surface area contributed by atoms with E-state index in [-0.39, 0.29) is 6.04 Å². The maximum Gasteiger partial charge on any atom is 0.0724 e. The van der Waals surface area contributed by atoms with Crippen LogP contribution in [0.4, 0.5) is 0 Å². The minimum Gasteiger partial charge on any atom is -0.281 e. The van der Waals surface area contributed by atoms with Gasteiger partial charge in [-0.2, -0.15) is 0 Å². The molecule has 19 heavy (non-hydrogen) atoms. The van der Waals surface area contributed by atoms with Crippen LogP contribution in [0.1, 0.15) is 43.9 Å². The van der Waals surface area contributed by atoms with E-state index >= 15 is 0 Å². The van der Waals surface area contributed by atoms with Crippen LogP contribution < -0.4 is 0 Å². The molecule has 0 heterocycles. The first-order chi connectivity index (χ1) is 9.31. The third kappa shape index (κ3) is 3.78. The molecule has 0 aliphatic heterocycles. The summed E-state index contributed by atoms with van der Waals surface area (Å²) in [5, 5.41) is 0. The molecule has 0 aliphatic rings. The fraction of sp³-hybridized carbons (Fsp3) is 0.278. The summed E-state index contributed by atoms with van der Waals surface area (Å²) >= 11 is 0. The van der Waals surface area contributed by atoms with Crippen molar-refractivity contribution in [2.75, 3.05) is 0 Å². The van der Waals surface area contributed by atoms with E-state index in [1.54, 1.807) is 0 Å². The van der Waals surface area contributed by atoms with Gasteiger partial charge in [-0.05, 0) is 24.5 Å². The quantitative estimate of drug-likeness (QED) is 0.660. The zero-order valence-electron chi connectivity index (χ0n) is 11.7. The molecule has 1 nitrogen and oxygen atoms in total. The van der Waals surface area contributed by atoms with Crippen LogP contribution in [0.2, 0.25) is 0 Å². The summed E-state index contributed by atoms with van der Waals surface area (Å²) in [7, 11) is 0. The van der Waals surface area contributed by atoms with Crippen LogP contribution in [-0.4, -0.2) is 5.71 Å². The lowest BCUT2D eigenvalue weighted by molar-refractivity contribution is 0.810. The van der Waals surface area contributed by atoms with Crippen LogP contribution in [-0.2, 0) is 0 Å². The molecule has 98 valence electrons. The van der Waals surface area contributed by atoms with Crippen molar-refractivity contribution in [1.29, 1.82) is 0 Å². The second-order valence-corrected chi connectivity index (χ2v) is 4.78. The minimum absolute atomic E-state index is 0.211. The Kier molecular flexibility index (Phi) is 4.91. The lowest BCUT2D eigenvalue weighted by atomic mass is 10.0. The third-order valence-corrected chi connectivity index (χ3v) is 3.23. The van der Waals surface area contributed by atoms with Gasteiger partial charge in [-0.1, -0.05) is 74.0 Å². The minimum atomic E-state index is 0.211. The molecular weight excluding hydrogens is 230 g/mol. The molecule has 0 unspecified atom stereocenters. The molecule has 0 amide bonds. The van der Waals surface area contributed by atoms with Crippen LogP contribution in [0.25, 0.3) is 0 Å². The van der Waals surface area contributed by atoms with Gasteiger partial charge in [-0.3, -0.25) is 4.99 Å². The molecule has 0 spiro atoms. The summed E-state index contributed by atoms with van der Waals surface area (Å²) in [5.41, 5.74) is 3.72. The number of rotatable bonds is 5. The first kappa shape index (κ1) is 13.5. The predicted octanol–water partition coefficient (Wildman–Crippen LogP) is 5.04. The Morgan fingerprint density at radius 2 is 1.53 bits per heavy atom. The first-order valence-electron chi connectivity index (χ1n) is 6.98. The molecule has 0 radical (unpaired) electrons. The zero-order valence-corrected chi connectivity index (χ0v) is 11.7. The highest BCUT2D eigenvalue weighted by atomic mass is 14.8. The average molecular weight is 251 g/mol. The summed E-state index contributed by atoms with van der Waals surface area (Å²) in [6, 6.07) is 21.2. The van der Waals surface area contributed by atoms with Gasteiger partial charge in [0.1, 0.15) is 0 Å². The number of nitrogens with zero attached hydrogens (tertiary/aromatic N) is 1. The van der Waals surface area contributed by atoms with Crippen LogP contribution in [0.3, 0.4) is 0 Å². The van der Waals surface area contributed by atoms with E-state index < -0.39 is 0 Å². The molecule has 0 aliphatic carbocycles. The normalized spacial score (nSPS) is 13.3. The van der Waals surface area contributed by atoms with E-state index in [1.165, 1.54) is 16.8 Å². The summed E-state index contributed by atoms with van der Waals surface area (Å²) < 4.78 is 0. The van der Waals surface area contributed by atoms with Gasteiger partial charge in [0, 0.05) is 5.71 Å². The van der Waals surface area contributed by atoms with Gasteiger partial charge in [0.05, 0.1) is 6.04 Å². The highest BCUT2D eigenvalue weighted by Crippen LogP contribution is 2.19. The van der Waals surface area contributed by atoms with Gasteiger partial charge >= 0.3 is 0 Å². The Morgan fingerprint density at radius 3 is 2.11 bits per heavy atom. The summed E-state index contributed by atoms with van der Waals surface area (Å²) in [6.45, 7) is 4.36. The van der Waals surface area contributed by atoms with Gasteiger partial charge in [0.15, 0.2) is 0 Å². The molecule has 2 aromatic rings. The van der Waals surface area contributed by atoms with Gasteiger partial charge in [0.25, 0.3) is 0 Å². The Bertz CT molecular complexity index is 514. The van der Waals surface area contributed by atoms with Crippen LogP contribution in [0.5, 0.6) is 0 Å². The topological polar surface area (TPSA) is 12.4 Å². The zero-order chi connectivity index (χ0) is 13.5. The number of benzene rings is 2. The monoisotopic (exact) mass is 251 g/mol. The molecule has 1 atom stereocenters. The third-order valence-electron chi connectivity index (χ3n) is 3.23. The Labute approximate surface area is 116 Å². The number of hydrogen-bond donors (Lipinski definition) is 0. The van der Waals surface area contributed by atoms with Crippen LogP contribution in [0, 0.1) is 0 Å². The first-order valence-corrected chi connectivity index (χ1v) is 6.98. The second kappa shape index (κ2) is 6.89. The van der Waals surface area contributed by atoms with Crippen molar-refractivity contribution in [2.24, 2.45) is 4.99 Å². The van der Waals surface area contributed by atoms with Crippen LogP contribution in [0.15, 0.2) is 65.7 Å². The molecule has 2 aromatic carbocycles.